The van der Waals surface area contributed by atoms with Crippen molar-refractivity contribution in [2.45, 2.75) is 70.5 Å². The van der Waals surface area contributed by atoms with Gasteiger partial charge < -0.3 is 15.0 Å². The summed E-state index contributed by atoms with van der Waals surface area (Å²) in [7, 11) is 2.29. The Labute approximate surface area is 193 Å². The second-order valence-electron chi connectivity index (χ2n) is 8.48. The van der Waals surface area contributed by atoms with Crippen LogP contribution in [0.4, 0.5) is 0 Å². The van der Waals surface area contributed by atoms with Crippen LogP contribution >= 0.6 is 0 Å². The first-order chi connectivity index (χ1) is 15.2. The van der Waals surface area contributed by atoms with E-state index in [1.807, 2.05) is 38.5 Å². The first kappa shape index (κ1) is 28.1. The third kappa shape index (κ3) is 11.6. The Morgan fingerprint density at radius 2 is 1.75 bits per heavy atom. The first-order valence-electron chi connectivity index (χ1n) is 11.5. The molecule has 1 aromatic carbocycles. The molecule has 0 spiro atoms. The predicted molar refractivity (Wildman–Crippen MR) is 132 cm³/mol. The SMILES string of the molecule is CCCCCCCCCC(=O)O.CNS(=O)(=O)Cc1ccc2[nH]cc(CCN(C)C)c2c1. The molecule has 3 N–H and O–H groups in total. The molecule has 0 bridgehead atoms. The second kappa shape index (κ2) is 15.0. The van der Waals surface area contributed by atoms with Gasteiger partial charge in [-0.1, -0.05) is 51.5 Å². The molecular formula is C24H41N3O4S. The second-order valence-corrected chi connectivity index (χ2v) is 10.4. The van der Waals surface area contributed by atoms with Crippen molar-refractivity contribution in [2.24, 2.45) is 0 Å². The highest BCUT2D eigenvalue weighted by atomic mass is 32.2. The minimum atomic E-state index is -3.23. The summed E-state index contributed by atoms with van der Waals surface area (Å²) >= 11 is 0. The lowest BCUT2D eigenvalue weighted by Gasteiger charge is -2.08. The number of nitrogens with zero attached hydrogens (tertiary/aromatic N) is 1. The van der Waals surface area contributed by atoms with E-state index < -0.39 is 16.0 Å². The predicted octanol–water partition coefficient (Wildman–Crippen LogP) is 4.53. The van der Waals surface area contributed by atoms with Crippen LogP contribution < -0.4 is 4.72 Å². The van der Waals surface area contributed by atoms with Crippen LogP contribution in [0.25, 0.3) is 10.9 Å². The minimum absolute atomic E-state index is 0.0116. The van der Waals surface area contributed by atoms with Crippen LogP contribution in [0, 0.1) is 0 Å². The number of aromatic nitrogens is 1. The van der Waals surface area contributed by atoms with Gasteiger partial charge in [-0.2, -0.15) is 0 Å². The molecule has 0 atom stereocenters. The standard InChI is InChI=1S/C14H21N3O2S.C10H20O2/c1-15-20(18,19)10-11-4-5-14-13(8-11)12(9-16-14)6-7-17(2)3;1-2-3-4-5-6-7-8-9-10(11)12/h4-5,8-9,15-16H,6-7,10H2,1-3H3;2-9H2,1H3,(H,11,12). The largest absolute Gasteiger partial charge is 0.481 e. The Morgan fingerprint density at radius 1 is 1.09 bits per heavy atom. The number of likely N-dealkylation sites (N-methyl/N-ethyl adjacent to an activating group) is 1. The summed E-state index contributed by atoms with van der Waals surface area (Å²) in [4.78, 5) is 15.5. The van der Waals surface area contributed by atoms with Gasteiger partial charge in [-0.3, -0.25) is 4.79 Å². The van der Waals surface area contributed by atoms with E-state index in [0.29, 0.717) is 6.42 Å². The van der Waals surface area contributed by atoms with Crippen molar-refractivity contribution in [1.29, 1.82) is 0 Å². The molecule has 0 aliphatic heterocycles. The van der Waals surface area contributed by atoms with E-state index >= 15 is 0 Å². The summed E-state index contributed by atoms with van der Waals surface area (Å²) in [6.07, 6.45) is 11.6. The van der Waals surface area contributed by atoms with Gasteiger partial charge in [-0.15, -0.1) is 0 Å². The van der Waals surface area contributed by atoms with E-state index in [-0.39, 0.29) is 5.75 Å². The Balaban J connectivity index is 0.000000368. The highest BCUT2D eigenvalue weighted by Gasteiger charge is 2.11. The van der Waals surface area contributed by atoms with E-state index in [1.165, 1.54) is 44.7 Å². The van der Waals surface area contributed by atoms with Crippen LogP contribution in [0.2, 0.25) is 0 Å². The highest BCUT2D eigenvalue weighted by molar-refractivity contribution is 7.88. The molecule has 1 aromatic heterocycles. The maximum atomic E-state index is 11.6. The number of hydrogen-bond donors (Lipinski definition) is 3. The minimum Gasteiger partial charge on any atom is -0.481 e. The van der Waals surface area contributed by atoms with Crippen LogP contribution in [0.1, 0.15) is 69.4 Å². The van der Waals surface area contributed by atoms with E-state index in [2.05, 4.69) is 21.5 Å². The van der Waals surface area contributed by atoms with Crippen LogP contribution in [0.3, 0.4) is 0 Å². The molecule has 2 rings (SSSR count). The Kier molecular flexibility index (Phi) is 13.2. The van der Waals surface area contributed by atoms with Crippen molar-refractivity contribution in [1.82, 2.24) is 14.6 Å². The fourth-order valence-corrected chi connectivity index (χ4v) is 4.15. The number of unbranched alkanes of at least 4 members (excludes halogenated alkanes) is 6. The van der Waals surface area contributed by atoms with Gasteiger partial charge in [-0.25, -0.2) is 13.1 Å². The average molecular weight is 468 g/mol. The number of carboxylic acid groups (broad SMARTS) is 1. The maximum absolute atomic E-state index is 11.6. The molecule has 2 aromatic rings. The van der Waals surface area contributed by atoms with Crippen LogP contribution in [-0.2, 0) is 27.0 Å². The number of sulfonamides is 1. The quantitative estimate of drug-likeness (QED) is 0.354. The number of fused-ring (bicyclic) bond motifs is 1. The highest BCUT2D eigenvalue weighted by Crippen LogP contribution is 2.21. The number of hydrogen-bond acceptors (Lipinski definition) is 4. The number of nitrogens with one attached hydrogen (secondary N) is 2. The third-order valence-corrected chi connectivity index (χ3v) is 6.66. The number of benzene rings is 1. The zero-order valence-electron chi connectivity index (χ0n) is 20.1. The molecule has 32 heavy (non-hydrogen) atoms. The lowest BCUT2D eigenvalue weighted by atomic mass is 10.1. The van der Waals surface area contributed by atoms with E-state index in [1.54, 1.807) is 0 Å². The number of carboxylic acids is 1. The van der Waals surface area contributed by atoms with E-state index in [4.69, 9.17) is 5.11 Å². The number of aliphatic carboxylic acids is 1. The van der Waals surface area contributed by atoms with Gasteiger partial charge in [0.2, 0.25) is 10.0 Å². The number of carbonyl (C=O) groups is 1. The molecule has 0 aliphatic rings. The molecule has 7 nitrogen and oxygen atoms in total. The molecule has 0 unspecified atom stereocenters. The molecule has 0 radical (unpaired) electrons. The van der Waals surface area contributed by atoms with Gasteiger partial charge in [0, 0.05) is 30.1 Å². The Hall–Kier alpha value is -1.90. The monoisotopic (exact) mass is 467 g/mol. The molecule has 0 amide bonds. The molecule has 0 fully saturated rings. The van der Waals surface area contributed by atoms with Crippen molar-refractivity contribution < 1.29 is 18.3 Å². The number of rotatable bonds is 14. The van der Waals surface area contributed by atoms with Crippen molar-refractivity contribution in [3.05, 3.63) is 35.5 Å². The summed E-state index contributed by atoms with van der Waals surface area (Å²) in [6.45, 7) is 3.16. The van der Waals surface area contributed by atoms with Crippen molar-refractivity contribution in [2.75, 3.05) is 27.7 Å². The van der Waals surface area contributed by atoms with Crippen molar-refractivity contribution in [3.63, 3.8) is 0 Å². The van der Waals surface area contributed by atoms with Gasteiger partial charge in [-0.05, 0) is 57.2 Å². The van der Waals surface area contributed by atoms with E-state index in [0.717, 1.165) is 42.3 Å². The molecule has 0 saturated heterocycles. The van der Waals surface area contributed by atoms with Gasteiger partial charge in [0.15, 0.2) is 0 Å². The average Bonchev–Trinajstić information content (AvgIpc) is 3.14. The van der Waals surface area contributed by atoms with Crippen molar-refractivity contribution >= 4 is 26.9 Å². The Morgan fingerprint density at radius 3 is 2.34 bits per heavy atom. The zero-order chi connectivity index (χ0) is 24.0. The van der Waals surface area contributed by atoms with Gasteiger partial charge in [0.05, 0.1) is 5.75 Å². The number of aromatic amines is 1. The fourth-order valence-electron chi connectivity index (χ4n) is 3.39. The third-order valence-electron chi connectivity index (χ3n) is 5.32. The topological polar surface area (TPSA) is 102 Å². The summed E-state index contributed by atoms with van der Waals surface area (Å²) in [5.41, 5.74) is 3.07. The molecule has 8 heteroatoms. The molecule has 182 valence electrons. The van der Waals surface area contributed by atoms with Gasteiger partial charge in [0.1, 0.15) is 0 Å². The Bertz CT molecular complexity index is 907. The van der Waals surface area contributed by atoms with Gasteiger partial charge >= 0.3 is 5.97 Å². The summed E-state index contributed by atoms with van der Waals surface area (Å²) in [6, 6.07) is 5.75. The molecule has 0 saturated carbocycles. The van der Waals surface area contributed by atoms with Crippen molar-refractivity contribution in [3.8, 4) is 0 Å². The van der Waals surface area contributed by atoms with Crippen LogP contribution in [0.15, 0.2) is 24.4 Å². The number of H-pyrrole nitrogens is 1. The van der Waals surface area contributed by atoms with E-state index in [9.17, 15) is 13.2 Å². The summed E-state index contributed by atoms with van der Waals surface area (Å²) in [5, 5.41) is 9.46. The first-order valence-corrected chi connectivity index (χ1v) is 13.2. The van der Waals surface area contributed by atoms with Crippen LogP contribution in [-0.4, -0.2) is 57.1 Å². The smallest absolute Gasteiger partial charge is 0.303 e. The van der Waals surface area contributed by atoms with Crippen LogP contribution in [0.5, 0.6) is 0 Å². The molecule has 0 aliphatic carbocycles. The molecule has 1 heterocycles. The summed E-state index contributed by atoms with van der Waals surface area (Å²) < 4.78 is 25.6. The fraction of sp³-hybridized carbons (Fsp3) is 0.625. The maximum Gasteiger partial charge on any atom is 0.303 e. The summed E-state index contributed by atoms with van der Waals surface area (Å²) in [5.74, 6) is -0.652. The van der Waals surface area contributed by atoms with Gasteiger partial charge in [0.25, 0.3) is 0 Å². The lowest BCUT2D eigenvalue weighted by Crippen LogP contribution is -2.20. The zero-order valence-corrected chi connectivity index (χ0v) is 20.9. The normalized spacial score (nSPS) is 11.5. The molecular weight excluding hydrogens is 426 g/mol. The lowest BCUT2D eigenvalue weighted by molar-refractivity contribution is -0.137.